The van der Waals surface area contributed by atoms with Gasteiger partial charge in [-0.25, -0.2) is 4.98 Å². The number of aryl methyl sites for hydroxylation is 1. The molecule has 3 heterocycles. The summed E-state index contributed by atoms with van der Waals surface area (Å²) in [5.74, 6) is 1.68. The third-order valence-corrected chi connectivity index (χ3v) is 4.67. The number of hydrogen-bond donors (Lipinski definition) is 2. The number of morpholine rings is 1. The Labute approximate surface area is 168 Å². The molecular formula is C21H23N5O3. The second-order valence-electron chi connectivity index (χ2n) is 6.80. The van der Waals surface area contributed by atoms with Crippen molar-refractivity contribution < 1.29 is 14.1 Å². The van der Waals surface area contributed by atoms with Crippen molar-refractivity contribution in [3.63, 3.8) is 0 Å². The zero-order valence-electron chi connectivity index (χ0n) is 16.2. The van der Waals surface area contributed by atoms with Crippen LogP contribution in [0.3, 0.4) is 0 Å². The summed E-state index contributed by atoms with van der Waals surface area (Å²) >= 11 is 0. The molecule has 1 atom stereocenters. The van der Waals surface area contributed by atoms with Crippen LogP contribution >= 0.6 is 0 Å². The molecular weight excluding hydrogens is 370 g/mol. The van der Waals surface area contributed by atoms with E-state index in [1.807, 2.05) is 42.5 Å². The Hall–Kier alpha value is -3.39. The molecule has 1 unspecified atom stereocenters. The number of aromatic nitrogens is 2. The summed E-state index contributed by atoms with van der Waals surface area (Å²) in [6, 6.07) is 14.5. The predicted octanol–water partition coefficient (Wildman–Crippen LogP) is 3.01. The zero-order chi connectivity index (χ0) is 20.1. The van der Waals surface area contributed by atoms with E-state index in [2.05, 4.69) is 25.7 Å². The van der Waals surface area contributed by atoms with Crippen LogP contribution in [0.25, 0.3) is 0 Å². The van der Waals surface area contributed by atoms with Crippen LogP contribution in [-0.2, 0) is 9.53 Å². The number of carbonyl (C=O) groups is 1. The molecule has 1 aromatic carbocycles. The summed E-state index contributed by atoms with van der Waals surface area (Å²) in [5.41, 5.74) is 1.59. The molecule has 0 aliphatic carbocycles. The smallest absolute Gasteiger partial charge is 0.252 e. The highest BCUT2D eigenvalue weighted by Crippen LogP contribution is 2.23. The van der Waals surface area contributed by atoms with E-state index in [-0.39, 0.29) is 5.91 Å². The first-order valence-electron chi connectivity index (χ1n) is 9.53. The van der Waals surface area contributed by atoms with Crippen molar-refractivity contribution in [2.45, 2.75) is 13.0 Å². The second-order valence-corrected chi connectivity index (χ2v) is 6.80. The van der Waals surface area contributed by atoms with Gasteiger partial charge in [0, 0.05) is 19.2 Å². The van der Waals surface area contributed by atoms with Crippen molar-refractivity contribution in [3.8, 4) is 0 Å². The number of amides is 1. The lowest BCUT2D eigenvalue weighted by Gasteiger charge is -2.28. The number of benzene rings is 1. The van der Waals surface area contributed by atoms with Gasteiger partial charge in [0.15, 0.2) is 5.82 Å². The van der Waals surface area contributed by atoms with E-state index < -0.39 is 6.04 Å². The topological polar surface area (TPSA) is 92.5 Å². The third-order valence-electron chi connectivity index (χ3n) is 4.67. The predicted molar refractivity (Wildman–Crippen MR) is 110 cm³/mol. The largest absolute Gasteiger partial charge is 0.378 e. The standard InChI is InChI=1S/C21H23N5O3/c1-15-13-18(25-29-15)24-21(27)20(16-5-3-2-4-6-16)23-17-7-8-19(22-14-17)26-9-11-28-12-10-26/h2-8,13-14,20,23H,9-12H2,1H3,(H,24,25,27). The van der Waals surface area contributed by atoms with Gasteiger partial charge in [0.05, 0.1) is 25.1 Å². The van der Waals surface area contributed by atoms with Gasteiger partial charge in [-0.3, -0.25) is 4.79 Å². The van der Waals surface area contributed by atoms with Crippen LogP contribution < -0.4 is 15.5 Å². The molecule has 0 radical (unpaired) electrons. The van der Waals surface area contributed by atoms with Gasteiger partial charge in [0.1, 0.15) is 17.6 Å². The molecule has 1 fully saturated rings. The first kappa shape index (κ1) is 18.9. The van der Waals surface area contributed by atoms with Crippen molar-refractivity contribution in [3.05, 3.63) is 66.1 Å². The van der Waals surface area contributed by atoms with Gasteiger partial charge < -0.3 is 24.8 Å². The SMILES string of the molecule is Cc1cc(NC(=O)C(Nc2ccc(N3CCOCC3)nc2)c2ccccc2)no1. The molecule has 0 bridgehead atoms. The average molecular weight is 393 g/mol. The van der Waals surface area contributed by atoms with E-state index in [4.69, 9.17) is 9.26 Å². The third kappa shape index (κ3) is 4.72. The molecule has 2 N–H and O–H groups in total. The Morgan fingerprint density at radius 3 is 2.59 bits per heavy atom. The molecule has 150 valence electrons. The maximum Gasteiger partial charge on any atom is 0.252 e. The molecule has 2 aromatic heterocycles. The Kier molecular flexibility index (Phi) is 5.71. The number of pyridine rings is 1. The fraction of sp³-hybridized carbons (Fsp3) is 0.286. The van der Waals surface area contributed by atoms with Crippen LogP contribution in [0.15, 0.2) is 59.3 Å². The Balaban J connectivity index is 1.51. The van der Waals surface area contributed by atoms with Crippen LogP contribution in [0.4, 0.5) is 17.3 Å². The summed E-state index contributed by atoms with van der Waals surface area (Å²) in [4.78, 5) is 19.7. The Morgan fingerprint density at radius 1 is 1.14 bits per heavy atom. The van der Waals surface area contributed by atoms with E-state index in [0.29, 0.717) is 24.8 Å². The lowest BCUT2D eigenvalue weighted by molar-refractivity contribution is -0.117. The number of anilines is 3. The van der Waals surface area contributed by atoms with Gasteiger partial charge in [-0.15, -0.1) is 0 Å². The summed E-state index contributed by atoms with van der Waals surface area (Å²) in [7, 11) is 0. The van der Waals surface area contributed by atoms with Crippen molar-refractivity contribution in [2.24, 2.45) is 0 Å². The highest BCUT2D eigenvalue weighted by atomic mass is 16.5. The van der Waals surface area contributed by atoms with E-state index in [0.717, 1.165) is 30.2 Å². The summed E-state index contributed by atoms with van der Waals surface area (Å²) in [5, 5.41) is 9.91. The molecule has 1 aliphatic rings. The fourth-order valence-corrected chi connectivity index (χ4v) is 3.19. The zero-order valence-corrected chi connectivity index (χ0v) is 16.2. The molecule has 0 spiro atoms. The second kappa shape index (κ2) is 8.74. The van der Waals surface area contributed by atoms with Crippen LogP contribution in [0.5, 0.6) is 0 Å². The van der Waals surface area contributed by atoms with E-state index >= 15 is 0 Å². The monoisotopic (exact) mass is 393 g/mol. The fourth-order valence-electron chi connectivity index (χ4n) is 3.19. The molecule has 1 saturated heterocycles. The van der Waals surface area contributed by atoms with Gasteiger partial charge >= 0.3 is 0 Å². The summed E-state index contributed by atoms with van der Waals surface area (Å²) < 4.78 is 10.4. The molecule has 8 nitrogen and oxygen atoms in total. The number of rotatable bonds is 6. The summed E-state index contributed by atoms with van der Waals surface area (Å²) in [6.07, 6.45) is 1.74. The van der Waals surface area contributed by atoms with Crippen LogP contribution in [0.2, 0.25) is 0 Å². The number of nitrogens with one attached hydrogen (secondary N) is 2. The lowest BCUT2D eigenvalue weighted by Crippen LogP contribution is -2.36. The molecule has 8 heteroatoms. The van der Waals surface area contributed by atoms with Crippen LogP contribution in [0.1, 0.15) is 17.4 Å². The van der Waals surface area contributed by atoms with Crippen molar-refractivity contribution in [1.29, 1.82) is 0 Å². The normalized spacial score (nSPS) is 15.0. The number of carbonyl (C=O) groups excluding carboxylic acids is 1. The lowest BCUT2D eigenvalue weighted by atomic mass is 10.1. The highest BCUT2D eigenvalue weighted by molar-refractivity contribution is 5.96. The minimum absolute atomic E-state index is 0.234. The molecule has 4 rings (SSSR count). The first-order valence-corrected chi connectivity index (χ1v) is 9.53. The quantitative estimate of drug-likeness (QED) is 0.665. The molecule has 0 saturated carbocycles. The highest BCUT2D eigenvalue weighted by Gasteiger charge is 2.22. The number of nitrogens with zero attached hydrogens (tertiary/aromatic N) is 3. The van der Waals surface area contributed by atoms with Gasteiger partial charge in [0.25, 0.3) is 5.91 Å². The van der Waals surface area contributed by atoms with Crippen molar-refractivity contribution in [2.75, 3.05) is 41.8 Å². The van der Waals surface area contributed by atoms with Crippen LogP contribution in [-0.4, -0.2) is 42.4 Å². The maximum atomic E-state index is 12.9. The average Bonchev–Trinajstić information content (AvgIpc) is 3.18. The minimum Gasteiger partial charge on any atom is -0.378 e. The van der Waals surface area contributed by atoms with E-state index in [1.54, 1.807) is 19.2 Å². The van der Waals surface area contributed by atoms with Gasteiger partial charge in [-0.1, -0.05) is 35.5 Å². The first-order chi connectivity index (χ1) is 14.2. The number of ether oxygens (including phenoxy) is 1. The van der Waals surface area contributed by atoms with Crippen LogP contribution in [0, 0.1) is 6.92 Å². The van der Waals surface area contributed by atoms with E-state index in [1.165, 1.54) is 0 Å². The number of hydrogen-bond acceptors (Lipinski definition) is 7. The van der Waals surface area contributed by atoms with Gasteiger partial charge in [-0.05, 0) is 24.6 Å². The van der Waals surface area contributed by atoms with Gasteiger partial charge in [-0.2, -0.15) is 0 Å². The summed E-state index contributed by atoms with van der Waals surface area (Å²) in [6.45, 7) is 4.84. The molecule has 1 aliphatic heterocycles. The Morgan fingerprint density at radius 2 is 1.93 bits per heavy atom. The van der Waals surface area contributed by atoms with Gasteiger partial charge in [0.2, 0.25) is 0 Å². The van der Waals surface area contributed by atoms with Crippen molar-refractivity contribution in [1.82, 2.24) is 10.1 Å². The Bertz CT molecular complexity index is 936. The molecule has 3 aromatic rings. The maximum absolute atomic E-state index is 12.9. The van der Waals surface area contributed by atoms with E-state index in [9.17, 15) is 4.79 Å². The molecule has 1 amide bonds. The molecule has 29 heavy (non-hydrogen) atoms. The van der Waals surface area contributed by atoms with Crippen molar-refractivity contribution >= 4 is 23.2 Å². The minimum atomic E-state index is -0.607.